The van der Waals surface area contributed by atoms with Gasteiger partial charge in [0.2, 0.25) is 0 Å². The quantitative estimate of drug-likeness (QED) is 0.558. The highest BCUT2D eigenvalue weighted by Gasteiger charge is 2.30. The average molecular weight is 326 g/mol. The normalized spacial score (nSPS) is 22.4. The molecule has 0 aliphatic heterocycles. The molecule has 23 heavy (non-hydrogen) atoms. The maximum Gasteiger partial charge on any atom is 0.573 e. The van der Waals surface area contributed by atoms with Gasteiger partial charge in [-0.15, -0.1) is 13.2 Å². The first kappa shape index (κ1) is 17.9. The van der Waals surface area contributed by atoms with E-state index in [0.717, 1.165) is 30.2 Å². The molecule has 0 radical (unpaired) electrons. The van der Waals surface area contributed by atoms with E-state index in [0.29, 0.717) is 0 Å². The van der Waals surface area contributed by atoms with Gasteiger partial charge in [-0.05, 0) is 55.2 Å². The van der Waals surface area contributed by atoms with Crippen molar-refractivity contribution in [3.8, 4) is 5.75 Å². The van der Waals surface area contributed by atoms with Crippen LogP contribution in [0, 0.1) is 11.8 Å². The summed E-state index contributed by atoms with van der Waals surface area (Å²) in [6, 6.07) is 6.08. The summed E-state index contributed by atoms with van der Waals surface area (Å²) in [5.41, 5.74) is 0.991. The predicted molar refractivity (Wildman–Crippen MR) is 86.3 cm³/mol. The number of rotatable bonds is 6. The molecule has 1 saturated carbocycles. The van der Waals surface area contributed by atoms with Crippen molar-refractivity contribution in [1.29, 1.82) is 0 Å². The van der Waals surface area contributed by atoms with Crippen LogP contribution in [0.3, 0.4) is 0 Å². The van der Waals surface area contributed by atoms with Crippen LogP contribution in [0.25, 0.3) is 0 Å². The van der Waals surface area contributed by atoms with E-state index >= 15 is 0 Å². The van der Waals surface area contributed by atoms with Crippen molar-refractivity contribution in [2.24, 2.45) is 11.8 Å². The fourth-order valence-corrected chi connectivity index (χ4v) is 3.21. The standard InChI is InChI=1S/C19H25F3O/c1-2-15-7-9-16(10-8-15)5-3-4-6-17-11-13-18(14-12-17)23-19(20,21)22/h3-4,11-16H,2,5-10H2,1H3. The third-order valence-electron chi connectivity index (χ3n) is 4.69. The zero-order valence-electron chi connectivity index (χ0n) is 13.6. The molecule has 2 rings (SSSR count). The van der Waals surface area contributed by atoms with Crippen LogP contribution in [-0.4, -0.2) is 6.36 Å². The van der Waals surface area contributed by atoms with Crippen LogP contribution in [-0.2, 0) is 6.42 Å². The van der Waals surface area contributed by atoms with Crippen molar-refractivity contribution in [3.05, 3.63) is 42.0 Å². The van der Waals surface area contributed by atoms with E-state index in [1.165, 1.54) is 44.2 Å². The lowest BCUT2D eigenvalue weighted by atomic mass is 9.79. The summed E-state index contributed by atoms with van der Waals surface area (Å²) in [5, 5.41) is 0. The van der Waals surface area contributed by atoms with Crippen molar-refractivity contribution in [2.75, 3.05) is 0 Å². The van der Waals surface area contributed by atoms with E-state index in [4.69, 9.17) is 0 Å². The van der Waals surface area contributed by atoms with Gasteiger partial charge in [-0.3, -0.25) is 0 Å². The van der Waals surface area contributed by atoms with Gasteiger partial charge in [0, 0.05) is 0 Å². The molecule has 1 aromatic rings. The van der Waals surface area contributed by atoms with E-state index in [-0.39, 0.29) is 5.75 Å². The summed E-state index contributed by atoms with van der Waals surface area (Å²) < 4.78 is 40.1. The van der Waals surface area contributed by atoms with Gasteiger partial charge in [-0.2, -0.15) is 0 Å². The number of halogens is 3. The molecule has 128 valence electrons. The Labute approximate surface area is 136 Å². The summed E-state index contributed by atoms with van der Waals surface area (Å²) in [6.45, 7) is 2.27. The summed E-state index contributed by atoms with van der Waals surface area (Å²) in [6.07, 6.45) is 8.24. The van der Waals surface area contributed by atoms with Crippen LogP contribution < -0.4 is 4.74 Å². The number of benzene rings is 1. The Morgan fingerprint density at radius 1 is 1.00 bits per heavy atom. The maximum absolute atomic E-state index is 12.1. The zero-order chi connectivity index (χ0) is 16.7. The van der Waals surface area contributed by atoms with Gasteiger partial charge >= 0.3 is 6.36 Å². The molecule has 1 aliphatic rings. The van der Waals surface area contributed by atoms with Crippen LogP contribution in [0.15, 0.2) is 36.4 Å². The largest absolute Gasteiger partial charge is 0.573 e. The third-order valence-corrected chi connectivity index (χ3v) is 4.69. The van der Waals surface area contributed by atoms with E-state index in [1.807, 2.05) is 0 Å². The monoisotopic (exact) mass is 326 g/mol. The molecule has 0 unspecified atom stereocenters. The number of ether oxygens (including phenoxy) is 1. The fourth-order valence-electron chi connectivity index (χ4n) is 3.21. The van der Waals surface area contributed by atoms with E-state index in [1.54, 1.807) is 12.1 Å². The van der Waals surface area contributed by atoms with Gasteiger partial charge in [-0.25, -0.2) is 0 Å². The molecule has 1 nitrogen and oxygen atoms in total. The second-order valence-electron chi connectivity index (χ2n) is 6.40. The van der Waals surface area contributed by atoms with Crippen molar-refractivity contribution in [3.63, 3.8) is 0 Å². The van der Waals surface area contributed by atoms with Crippen LogP contribution >= 0.6 is 0 Å². The second-order valence-corrected chi connectivity index (χ2v) is 6.40. The Kier molecular flexibility index (Phi) is 6.55. The van der Waals surface area contributed by atoms with Gasteiger partial charge in [-0.1, -0.05) is 50.5 Å². The van der Waals surface area contributed by atoms with Gasteiger partial charge in [0.05, 0.1) is 0 Å². The first-order chi connectivity index (χ1) is 11.0. The summed E-state index contributed by atoms with van der Waals surface area (Å²) in [5.74, 6) is 1.56. The lowest BCUT2D eigenvalue weighted by molar-refractivity contribution is -0.274. The number of alkyl halides is 3. The molecule has 1 fully saturated rings. The van der Waals surface area contributed by atoms with Crippen molar-refractivity contribution in [2.45, 2.75) is 58.2 Å². The van der Waals surface area contributed by atoms with Gasteiger partial charge < -0.3 is 4.74 Å². The predicted octanol–water partition coefficient (Wildman–Crippen LogP) is 6.29. The molecule has 0 heterocycles. The molecule has 1 aromatic carbocycles. The maximum atomic E-state index is 12.1. The molecular formula is C19H25F3O. The van der Waals surface area contributed by atoms with Crippen molar-refractivity contribution < 1.29 is 17.9 Å². The summed E-state index contributed by atoms with van der Waals surface area (Å²) in [7, 11) is 0. The fraction of sp³-hybridized carbons (Fsp3) is 0.579. The van der Waals surface area contributed by atoms with Gasteiger partial charge in [0.25, 0.3) is 0 Å². The smallest absolute Gasteiger partial charge is 0.406 e. The van der Waals surface area contributed by atoms with Crippen LogP contribution in [0.1, 0.15) is 51.0 Å². The molecule has 0 amide bonds. The molecule has 0 saturated heterocycles. The van der Waals surface area contributed by atoms with Crippen LogP contribution in [0.4, 0.5) is 13.2 Å². The number of allylic oxidation sites excluding steroid dienone is 2. The highest BCUT2D eigenvalue weighted by molar-refractivity contribution is 5.28. The van der Waals surface area contributed by atoms with E-state index in [9.17, 15) is 13.2 Å². The lowest BCUT2D eigenvalue weighted by Gasteiger charge is -2.26. The average Bonchev–Trinajstić information content (AvgIpc) is 2.52. The van der Waals surface area contributed by atoms with E-state index in [2.05, 4.69) is 23.8 Å². The lowest BCUT2D eigenvalue weighted by Crippen LogP contribution is -2.16. The summed E-state index contributed by atoms with van der Waals surface area (Å²) in [4.78, 5) is 0. The van der Waals surface area contributed by atoms with Crippen LogP contribution in [0.2, 0.25) is 0 Å². The Balaban J connectivity index is 1.71. The highest BCUT2D eigenvalue weighted by atomic mass is 19.4. The number of hydrogen-bond acceptors (Lipinski definition) is 1. The van der Waals surface area contributed by atoms with Gasteiger partial charge in [0.15, 0.2) is 0 Å². The van der Waals surface area contributed by atoms with Crippen molar-refractivity contribution >= 4 is 0 Å². The Morgan fingerprint density at radius 3 is 2.17 bits per heavy atom. The Morgan fingerprint density at radius 2 is 1.61 bits per heavy atom. The highest BCUT2D eigenvalue weighted by Crippen LogP contribution is 2.32. The molecule has 1 aliphatic carbocycles. The van der Waals surface area contributed by atoms with Crippen molar-refractivity contribution in [1.82, 2.24) is 0 Å². The third kappa shape index (κ3) is 6.67. The first-order valence-electron chi connectivity index (χ1n) is 8.46. The topological polar surface area (TPSA) is 9.23 Å². The molecule has 0 aromatic heterocycles. The molecule has 0 N–H and O–H groups in total. The molecule has 0 atom stereocenters. The molecular weight excluding hydrogens is 301 g/mol. The summed E-state index contributed by atoms with van der Waals surface area (Å²) >= 11 is 0. The minimum Gasteiger partial charge on any atom is -0.406 e. The van der Waals surface area contributed by atoms with Crippen LogP contribution in [0.5, 0.6) is 5.75 Å². The van der Waals surface area contributed by atoms with E-state index < -0.39 is 6.36 Å². The second kappa shape index (κ2) is 8.42. The molecule has 0 spiro atoms. The SMILES string of the molecule is CCC1CCC(CC=CCc2ccc(OC(F)(F)F)cc2)CC1. The minimum absolute atomic E-state index is 0.169. The Hall–Kier alpha value is -1.45. The number of hydrogen-bond donors (Lipinski definition) is 0. The Bertz CT molecular complexity index is 482. The molecule has 0 bridgehead atoms. The van der Waals surface area contributed by atoms with Gasteiger partial charge in [0.1, 0.15) is 5.75 Å². The zero-order valence-corrected chi connectivity index (χ0v) is 13.6. The first-order valence-corrected chi connectivity index (χ1v) is 8.46. The minimum atomic E-state index is -4.63. The molecule has 4 heteroatoms.